The number of nitrogens with zero attached hydrogens (tertiary/aromatic N) is 4. The Kier molecular flexibility index (Phi) is 9.35. The number of hydrogen-bond donors (Lipinski definition) is 3. The van der Waals surface area contributed by atoms with E-state index in [2.05, 4.69) is 20.5 Å². The number of piperidine rings is 1. The molecule has 230 valence electrons. The molecule has 1 saturated heterocycles. The highest BCUT2D eigenvalue weighted by Crippen LogP contribution is 2.30. The highest BCUT2D eigenvalue weighted by molar-refractivity contribution is 7.14. The summed E-state index contributed by atoms with van der Waals surface area (Å²) in [5.74, 6) is -1.61. The monoisotopic (exact) mass is 620 g/mol. The Morgan fingerprint density at radius 3 is 2.48 bits per heavy atom. The van der Waals surface area contributed by atoms with Gasteiger partial charge in [-0.15, -0.1) is 10.2 Å². The Bertz CT molecular complexity index is 1670. The molecular formula is C31H33FN6O5S. The van der Waals surface area contributed by atoms with E-state index in [1.54, 1.807) is 29.0 Å². The Morgan fingerprint density at radius 1 is 1.11 bits per heavy atom. The lowest BCUT2D eigenvalue weighted by molar-refractivity contribution is 0.00454. The predicted molar refractivity (Wildman–Crippen MR) is 163 cm³/mol. The molecule has 0 aliphatic carbocycles. The van der Waals surface area contributed by atoms with Gasteiger partial charge in [0, 0.05) is 45.1 Å². The fourth-order valence-corrected chi connectivity index (χ4v) is 6.24. The van der Waals surface area contributed by atoms with Crippen molar-refractivity contribution in [2.75, 3.05) is 26.7 Å². The number of carbonyl (C=O) groups is 2. The molecule has 44 heavy (non-hydrogen) atoms. The minimum atomic E-state index is -0.821. The maximum Gasteiger partial charge on any atom is 0.410 e. The van der Waals surface area contributed by atoms with Gasteiger partial charge in [0.25, 0.3) is 5.91 Å². The first-order chi connectivity index (χ1) is 21.2. The van der Waals surface area contributed by atoms with Gasteiger partial charge in [-0.05, 0) is 37.2 Å². The first kappa shape index (κ1) is 30.8. The average Bonchev–Trinajstić information content (AvgIpc) is 3.51. The molecular weight excluding hydrogens is 587 g/mol. The summed E-state index contributed by atoms with van der Waals surface area (Å²) in [6.45, 7) is 2.95. The highest BCUT2D eigenvalue weighted by atomic mass is 32.1. The zero-order valence-corrected chi connectivity index (χ0v) is 25.2. The van der Waals surface area contributed by atoms with E-state index < -0.39 is 28.8 Å². The van der Waals surface area contributed by atoms with Gasteiger partial charge in [0.2, 0.25) is 5.43 Å². The summed E-state index contributed by atoms with van der Waals surface area (Å²) in [5, 5.41) is 23.2. The van der Waals surface area contributed by atoms with E-state index in [1.807, 2.05) is 37.3 Å². The molecule has 4 aromatic rings. The maximum atomic E-state index is 13.8. The number of aromatic amines is 1. The number of nitrogens with one attached hydrogen (secondary N) is 2. The average molecular weight is 621 g/mol. The minimum absolute atomic E-state index is 0.0793. The summed E-state index contributed by atoms with van der Waals surface area (Å²) in [5.41, 5.74) is -0.00600. The van der Waals surface area contributed by atoms with Crippen LogP contribution < -0.4 is 10.7 Å². The van der Waals surface area contributed by atoms with Crippen LogP contribution in [0.5, 0.6) is 5.75 Å². The van der Waals surface area contributed by atoms with Crippen LogP contribution in [0.25, 0.3) is 10.6 Å². The minimum Gasteiger partial charge on any atom is -0.503 e. The van der Waals surface area contributed by atoms with Crippen LogP contribution >= 0.6 is 11.3 Å². The van der Waals surface area contributed by atoms with E-state index >= 15 is 0 Å². The number of halogens is 1. The van der Waals surface area contributed by atoms with Crippen molar-refractivity contribution in [2.45, 2.75) is 38.5 Å². The number of amides is 2. The van der Waals surface area contributed by atoms with Crippen LogP contribution in [0.3, 0.4) is 0 Å². The predicted octanol–water partition coefficient (Wildman–Crippen LogP) is 4.14. The molecule has 3 heterocycles. The number of ether oxygens (including phenoxy) is 1. The third kappa shape index (κ3) is 6.48. The normalized spacial score (nSPS) is 14.3. The summed E-state index contributed by atoms with van der Waals surface area (Å²) in [4.78, 5) is 45.7. The van der Waals surface area contributed by atoms with Crippen LogP contribution in [0, 0.1) is 5.82 Å². The van der Waals surface area contributed by atoms with E-state index in [1.165, 1.54) is 29.7 Å². The summed E-state index contributed by atoms with van der Waals surface area (Å²) >= 11 is 1.17. The van der Waals surface area contributed by atoms with Crippen LogP contribution in [0.1, 0.15) is 46.4 Å². The Morgan fingerprint density at radius 2 is 1.82 bits per heavy atom. The number of aromatic hydroxyl groups is 1. The molecule has 0 bridgehead atoms. The fourth-order valence-electron chi connectivity index (χ4n) is 5.35. The van der Waals surface area contributed by atoms with E-state index in [-0.39, 0.29) is 35.2 Å². The molecule has 0 spiro atoms. The second-order valence-electron chi connectivity index (χ2n) is 10.4. The first-order valence-corrected chi connectivity index (χ1v) is 15.0. The van der Waals surface area contributed by atoms with Crippen LogP contribution in [0.4, 0.5) is 9.18 Å². The molecule has 3 N–H and O–H groups in total. The van der Waals surface area contributed by atoms with Crippen molar-refractivity contribution in [1.29, 1.82) is 0 Å². The SMILES string of the molecule is CCN(C(=O)c1[nH]cc(-c2nnc(Cc3ccc(F)cc3)s2)c(=O)c1O)C1(NC)CCN(C(=O)OCc2ccccc2)CC1. The third-order valence-electron chi connectivity index (χ3n) is 7.83. The zero-order chi connectivity index (χ0) is 31.3. The van der Waals surface area contributed by atoms with Crippen molar-refractivity contribution in [3.8, 4) is 16.3 Å². The quantitative estimate of drug-likeness (QED) is 0.237. The first-order valence-electron chi connectivity index (χ1n) is 14.2. The van der Waals surface area contributed by atoms with Gasteiger partial charge in [0.1, 0.15) is 17.4 Å². The van der Waals surface area contributed by atoms with Crippen LogP contribution in [-0.2, 0) is 17.8 Å². The lowest BCUT2D eigenvalue weighted by Gasteiger charge is -2.48. The third-order valence-corrected chi connectivity index (χ3v) is 8.79. The summed E-state index contributed by atoms with van der Waals surface area (Å²) in [7, 11) is 1.74. The van der Waals surface area contributed by atoms with Gasteiger partial charge in [0.15, 0.2) is 16.5 Å². The van der Waals surface area contributed by atoms with Gasteiger partial charge in [-0.3, -0.25) is 14.9 Å². The second kappa shape index (κ2) is 13.3. The zero-order valence-electron chi connectivity index (χ0n) is 24.4. The topological polar surface area (TPSA) is 141 Å². The van der Waals surface area contributed by atoms with Crippen molar-refractivity contribution in [3.63, 3.8) is 0 Å². The number of pyridine rings is 1. The van der Waals surface area contributed by atoms with Crippen molar-refractivity contribution in [2.24, 2.45) is 0 Å². The lowest BCUT2D eigenvalue weighted by atomic mass is 9.94. The van der Waals surface area contributed by atoms with Gasteiger partial charge in [-0.1, -0.05) is 53.8 Å². The highest BCUT2D eigenvalue weighted by Gasteiger charge is 2.43. The van der Waals surface area contributed by atoms with Crippen LogP contribution in [0.2, 0.25) is 0 Å². The largest absolute Gasteiger partial charge is 0.503 e. The summed E-state index contributed by atoms with van der Waals surface area (Å²) in [6.07, 6.45) is 2.14. The van der Waals surface area contributed by atoms with Gasteiger partial charge in [0.05, 0.1) is 11.2 Å². The van der Waals surface area contributed by atoms with Crippen molar-refractivity contribution in [1.82, 2.24) is 30.3 Å². The number of benzene rings is 2. The molecule has 0 unspecified atom stereocenters. The number of aromatic nitrogens is 3. The molecule has 2 aromatic carbocycles. The second-order valence-corrected chi connectivity index (χ2v) is 11.5. The van der Waals surface area contributed by atoms with Gasteiger partial charge >= 0.3 is 6.09 Å². The molecule has 0 atom stereocenters. The number of likely N-dealkylation sites (tertiary alicyclic amines) is 1. The fraction of sp³-hybridized carbons (Fsp3) is 0.323. The number of H-pyrrole nitrogens is 1. The smallest absolute Gasteiger partial charge is 0.410 e. The Balaban J connectivity index is 1.28. The Hall–Kier alpha value is -4.62. The van der Waals surface area contributed by atoms with Gasteiger partial charge in [-0.25, -0.2) is 9.18 Å². The van der Waals surface area contributed by atoms with Crippen molar-refractivity contribution >= 4 is 23.3 Å². The number of hydrogen-bond acceptors (Lipinski definition) is 9. The van der Waals surface area contributed by atoms with Crippen LogP contribution in [-0.4, -0.2) is 74.4 Å². The summed E-state index contributed by atoms with van der Waals surface area (Å²) in [6, 6.07) is 15.4. The molecule has 0 radical (unpaired) electrons. The molecule has 5 rings (SSSR count). The van der Waals surface area contributed by atoms with E-state index in [9.17, 15) is 23.9 Å². The Labute approximate surface area is 257 Å². The standard InChI is InChI=1S/C31H33FN6O5S/c1-3-38(31(33-2)13-15-37(16-14-31)30(42)43-19-21-7-5-4-6-8-21)29(41)25-27(40)26(39)23(18-34-25)28-36-35-24(44-28)17-20-9-11-22(32)12-10-20/h4-12,18,33,40H,3,13-17,19H2,1-2H3,(H,34,39). The molecule has 1 aliphatic rings. The molecule has 11 nitrogen and oxygen atoms in total. The van der Waals surface area contributed by atoms with E-state index in [0.717, 1.165) is 11.1 Å². The van der Waals surface area contributed by atoms with E-state index in [0.29, 0.717) is 37.4 Å². The molecule has 1 aliphatic heterocycles. The maximum absolute atomic E-state index is 13.8. The van der Waals surface area contributed by atoms with Crippen molar-refractivity contribution in [3.05, 3.63) is 98.7 Å². The number of carbonyl (C=O) groups excluding carboxylic acids is 2. The van der Waals surface area contributed by atoms with Crippen LogP contribution in [0.15, 0.2) is 65.6 Å². The van der Waals surface area contributed by atoms with E-state index in [4.69, 9.17) is 4.74 Å². The molecule has 2 aromatic heterocycles. The van der Waals surface area contributed by atoms with Gasteiger partial charge in [-0.2, -0.15) is 0 Å². The van der Waals surface area contributed by atoms with Gasteiger partial charge < -0.3 is 24.6 Å². The molecule has 2 amide bonds. The lowest BCUT2D eigenvalue weighted by Crippen LogP contribution is -2.64. The van der Waals surface area contributed by atoms with Crippen molar-refractivity contribution < 1.29 is 23.8 Å². The molecule has 13 heteroatoms. The number of rotatable bonds is 9. The summed E-state index contributed by atoms with van der Waals surface area (Å²) < 4.78 is 18.7. The molecule has 1 fully saturated rings. The molecule has 0 saturated carbocycles.